The molecule has 4 heteroatoms. The minimum Gasteiger partial charge on any atom is -0.310 e. The van der Waals surface area contributed by atoms with Gasteiger partial charge in [-0.1, -0.05) is 115 Å². The zero-order valence-electron chi connectivity index (χ0n) is 27.9. The molecule has 51 heavy (non-hydrogen) atoms. The summed E-state index contributed by atoms with van der Waals surface area (Å²) in [5.41, 5.74) is 10.2. The molecule has 0 atom stereocenters. The van der Waals surface area contributed by atoms with Crippen LogP contribution in [-0.4, -0.2) is 18.7 Å². The maximum atomic E-state index is 5.45. The lowest BCUT2D eigenvalue weighted by atomic mass is 10.1. The molecule has 0 spiro atoms. The van der Waals surface area contributed by atoms with E-state index in [1.54, 1.807) is 0 Å². The SMILES string of the molecule is C1=c2c(n(-c3cccc(-c4cccc(-n5c6ccccc6c6ccc7c8ccccc8n(-c8ccccc8)c7c65)n4)c3)c3ccccc23)=CCC1. The summed E-state index contributed by atoms with van der Waals surface area (Å²) in [6.45, 7) is 0. The van der Waals surface area contributed by atoms with Crippen molar-refractivity contribution in [2.75, 3.05) is 0 Å². The van der Waals surface area contributed by atoms with Gasteiger partial charge in [-0.25, -0.2) is 4.98 Å². The van der Waals surface area contributed by atoms with E-state index in [4.69, 9.17) is 4.98 Å². The van der Waals surface area contributed by atoms with Crippen molar-refractivity contribution in [2.24, 2.45) is 0 Å². The molecule has 10 aromatic rings. The van der Waals surface area contributed by atoms with Crippen LogP contribution >= 0.6 is 0 Å². The Hall–Kier alpha value is -6.65. The maximum absolute atomic E-state index is 5.45. The summed E-state index contributed by atoms with van der Waals surface area (Å²) in [7, 11) is 0. The summed E-state index contributed by atoms with van der Waals surface area (Å²) in [4.78, 5) is 5.45. The first-order valence-electron chi connectivity index (χ1n) is 17.7. The molecule has 1 aliphatic carbocycles. The van der Waals surface area contributed by atoms with E-state index in [0.717, 1.165) is 52.3 Å². The summed E-state index contributed by atoms with van der Waals surface area (Å²) >= 11 is 0. The minimum atomic E-state index is 0.896. The van der Waals surface area contributed by atoms with E-state index in [-0.39, 0.29) is 0 Å². The van der Waals surface area contributed by atoms with Gasteiger partial charge in [-0.15, -0.1) is 0 Å². The fraction of sp³-hybridized carbons (Fsp3) is 0.0426. The van der Waals surface area contributed by atoms with Gasteiger partial charge in [0.05, 0.1) is 33.3 Å². The Morgan fingerprint density at radius 1 is 0.412 bits per heavy atom. The van der Waals surface area contributed by atoms with Crippen molar-refractivity contribution < 1.29 is 0 Å². The van der Waals surface area contributed by atoms with Crippen LogP contribution in [0.2, 0.25) is 0 Å². The van der Waals surface area contributed by atoms with Crippen molar-refractivity contribution in [1.29, 1.82) is 0 Å². The number of para-hydroxylation sites is 4. The molecule has 6 aromatic carbocycles. The molecule has 0 N–H and O–H groups in total. The molecule has 0 aliphatic heterocycles. The molecular formula is C47H32N4. The van der Waals surface area contributed by atoms with E-state index < -0.39 is 0 Å². The molecule has 4 nitrogen and oxygen atoms in total. The first-order chi connectivity index (χ1) is 25.3. The van der Waals surface area contributed by atoms with Gasteiger partial charge in [-0.3, -0.25) is 4.57 Å². The van der Waals surface area contributed by atoms with E-state index in [1.807, 2.05) is 0 Å². The van der Waals surface area contributed by atoms with Crippen LogP contribution in [-0.2, 0) is 0 Å². The lowest BCUT2D eigenvalue weighted by Crippen LogP contribution is -2.30. The Kier molecular flexibility index (Phi) is 6.05. The second-order valence-electron chi connectivity index (χ2n) is 13.5. The third-order valence-corrected chi connectivity index (χ3v) is 10.7. The van der Waals surface area contributed by atoms with Gasteiger partial charge in [0.15, 0.2) is 0 Å². The van der Waals surface area contributed by atoms with E-state index in [0.29, 0.717) is 0 Å². The molecule has 4 aromatic heterocycles. The van der Waals surface area contributed by atoms with Gasteiger partial charge in [0.25, 0.3) is 0 Å². The van der Waals surface area contributed by atoms with Crippen molar-refractivity contribution in [2.45, 2.75) is 12.8 Å². The summed E-state index contributed by atoms with van der Waals surface area (Å²) in [5, 5.41) is 8.82. The zero-order chi connectivity index (χ0) is 33.5. The average Bonchev–Trinajstić information content (AvgIpc) is 3.84. The second-order valence-corrected chi connectivity index (χ2v) is 13.5. The van der Waals surface area contributed by atoms with E-state index in [2.05, 4.69) is 184 Å². The molecule has 4 heterocycles. The van der Waals surface area contributed by atoms with Gasteiger partial charge >= 0.3 is 0 Å². The number of benzene rings is 6. The lowest BCUT2D eigenvalue weighted by molar-refractivity contribution is 1.02. The van der Waals surface area contributed by atoms with Crippen LogP contribution < -0.4 is 10.6 Å². The fourth-order valence-electron chi connectivity index (χ4n) is 8.52. The molecule has 240 valence electrons. The van der Waals surface area contributed by atoms with Crippen molar-refractivity contribution in [3.63, 3.8) is 0 Å². The number of nitrogens with zero attached hydrogens (tertiary/aromatic N) is 4. The predicted octanol–water partition coefficient (Wildman–Crippen LogP) is 10.2. The van der Waals surface area contributed by atoms with Crippen LogP contribution in [0.3, 0.4) is 0 Å². The van der Waals surface area contributed by atoms with Gasteiger partial charge in [-0.2, -0.15) is 0 Å². The van der Waals surface area contributed by atoms with Crippen LogP contribution in [0.15, 0.2) is 158 Å². The highest BCUT2D eigenvalue weighted by Gasteiger charge is 2.22. The average molecular weight is 653 g/mol. The third kappa shape index (κ3) is 4.11. The number of hydrogen-bond donors (Lipinski definition) is 0. The molecule has 11 rings (SSSR count). The van der Waals surface area contributed by atoms with Gasteiger partial charge in [-0.05, 0) is 67.4 Å². The Labute approximate surface area is 294 Å². The Morgan fingerprint density at radius 3 is 1.76 bits per heavy atom. The fourth-order valence-corrected chi connectivity index (χ4v) is 8.52. The molecule has 0 radical (unpaired) electrons. The topological polar surface area (TPSA) is 27.7 Å². The van der Waals surface area contributed by atoms with Crippen molar-refractivity contribution in [3.05, 3.63) is 168 Å². The van der Waals surface area contributed by atoms with E-state index in [9.17, 15) is 0 Å². The third-order valence-electron chi connectivity index (χ3n) is 10.7. The monoisotopic (exact) mass is 652 g/mol. The van der Waals surface area contributed by atoms with Crippen molar-refractivity contribution in [3.8, 4) is 28.5 Å². The molecule has 0 saturated carbocycles. The summed E-state index contributed by atoms with van der Waals surface area (Å²) in [6, 6.07) is 56.8. The molecular weight excluding hydrogens is 621 g/mol. The normalized spacial score (nSPS) is 12.9. The van der Waals surface area contributed by atoms with Gasteiger partial charge in [0.2, 0.25) is 0 Å². The Bertz CT molecular complexity index is 3140. The largest absolute Gasteiger partial charge is 0.310 e. The number of aromatic nitrogens is 4. The smallest absolute Gasteiger partial charge is 0.138 e. The van der Waals surface area contributed by atoms with Gasteiger partial charge in [0.1, 0.15) is 5.82 Å². The minimum absolute atomic E-state index is 0.896. The van der Waals surface area contributed by atoms with Crippen LogP contribution in [0, 0.1) is 0 Å². The molecule has 0 fully saturated rings. The summed E-state index contributed by atoms with van der Waals surface area (Å²) in [6.07, 6.45) is 6.92. The van der Waals surface area contributed by atoms with Crippen LogP contribution in [0.5, 0.6) is 0 Å². The summed E-state index contributed by atoms with van der Waals surface area (Å²) < 4.78 is 7.21. The lowest BCUT2D eigenvalue weighted by Gasteiger charge is -2.13. The molecule has 1 aliphatic rings. The number of fused-ring (bicyclic) bond motifs is 10. The van der Waals surface area contributed by atoms with Gasteiger partial charge in [0, 0.05) is 54.4 Å². The Morgan fingerprint density at radius 2 is 1.00 bits per heavy atom. The number of hydrogen-bond acceptors (Lipinski definition) is 1. The molecule has 0 unspecified atom stereocenters. The summed E-state index contributed by atoms with van der Waals surface area (Å²) in [5.74, 6) is 0.896. The number of pyridine rings is 1. The molecule has 0 amide bonds. The maximum Gasteiger partial charge on any atom is 0.138 e. The van der Waals surface area contributed by atoms with E-state index in [1.165, 1.54) is 54.0 Å². The first kappa shape index (κ1) is 28.2. The van der Waals surface area contributed by atoms with Crippen LogP contribution in [0.4, 0.5) is 0 Å². The standard InChI is InChI=1S/C47H32N4/c1-2-15-32(16-3-1)50-43-25-10-6-20-36(43)38-28-29-39-37-21-7-11-26-44(37)51(47(39)46(38)50)45-27-13-22-40(48-45)31-14-12-17-33(30-31)49-41-23-8-4-18-34(41)35-19-5-9-24-42(35)49/h1-4,6-8,10-30H,5,9H2. The second kappa shape index (κ2) is 10.9. The van der Waals surface area contributed by atoms with Crippen molar-refractivity contribution >= 4 is 66.7 Å². The number of rotatable bonds is 4. The first-order valence-corrected chi connectivity index (χ1v) is 17.7. The highest BCUT2D eigenvalue weighted by molar-refractivity contribution is 6.23. The quantitative estimate of drug-likeness (QED) is 0.186. The predicted molar refractivity (Wildman–Crippen MR) is 213 cm³/mol. The van der Waals surface area contributed by atoms with Crippen molar-refractivity contribution in [1.82, 2.24) is 18.7 Å². The molecule has 0 saturated heterocycles. The van der Waals surface area contributed by atoms with Crippen LogP contribution in [0.1, 0.15) is 12.8 Å². The molecule has 0 bridgehead atoms. The van der Waals surface area contributed by atoms with E-state index >= 15 is 0 Å². The Balaban J connectivity index is 1.17. The van der Waals surface area contributed by atoms with Crippen LogP contribution in [0.25, 0.3) is 95.1 Å². The highest BCUT2D eigenvalue weighted by atomic mass is 15.1. The highest BCUT2D eigenvalue weighted by Crippen LogP contribution is 2.41. The zero-order valence-corrected chi connectivity index (χ0v) is 27.9. The van der Waals surface area contributed by atoms with Gasteiger partial charge < -0.3 is 9.13 Å².